The monoisotopic (exact) mass is 317 g/mol. The molecule has 1 heterocycles. The van der Waals surface area contributed by atoms with Crippen LogP contribution in [-0.4, -0.2) is 49.1 Å². The molecule has 1 N–H and O–H groups in total. The number of benzene rings is 1. The molecule has 1 aliphatic rings. The Morgan fingerprint density at radius 3 is 2.62 bits per heavy atom. The molecule has 1 saturated heterocycles. The molecule has 21 heavy (non-hydrogen) atoms. The normalized spacial score (nSPS) is 18.2. The minimum absolute atomic E-state index is 0.0398. The van der Waals surface area contributed by atoms with Gasteiger partial charge in [0, 0.05) is 13.1 Å². The number of hydrogen-bond acceptors (Lipinski definition) is 4. The minimum Gasteiger partial charge on any atom is -0.480 e. The second-order valence-electron chi connectivity index (χ2n) is 5.32. The van der Waals surface area contributed by atoms with E-state index < -0.39 is 34.0 Å². The number of halogens is 1. The highest BCUT2D eigenvalue weighted by Gasteiger charge is 2.46. The first-order valence-electron chi connectivity index (χ1n) is 6.26. The zero-order chi connectivity index (χ0) is 15.8. The lowest BCUT2D eigenvalue weighted by atomic mass is 10.0. The number of aryl methyl sites for hydroxylation is 1. The van der Waals surface area contributed by atoms with Crippen LogP contribution in [0.2, 0.25) is 0 Å². The van der Waals surface area contributed by atoms with E-state index in [-0.39, 0.29) is 18.0 Å². The number of carboxylic acids is 1. The van der Waals surface area contributed by atoms with Crippen molar-refractivity contribution in [1.82, 2.24) is 4.31 Å². The van der Waals surface area contributed by atoms with Gasteiger partial charge in [0.1, 0.15) is 12.4 Å². The van der Waals surface area contributed by atoms with E-state index in [1.54, 1.807) is 13.8 Å². The van der Waals surface area contributed by atoms with Gasteiger partial charge in [0.15, 0.2) is 0 Å². The van der Waals surface area contributed by atoms with Crippen molar-refractivity contribution in [3.05, 3.63) is 29.6 Å². The zero-order valence-corrected chi connectivity index (χ0v) is 12.5. The number of carbonyl (C=O) groups is 1. The summed E-state index contributed by atoms with van der Waals surface area (Å²) in [5.41, 5.74) is -0.457. The number of carboxylic acid groups (broad SMARTS) is 1. The number of sulfonamides is 1. The van der Waals surface area contributed by atoms with Crippen LogP contribution in [0.3, 0.4) is 0 Å². The van der Waals surface area contributed by atoms with Gasteiger partial charge in [-0.15, -0.1) is 0 Å². The maximum Gasteiger partial charge on any atom is 0.329 e. The summed E-state index contributed by atoms with van der Waals surface area (Å²) in [4.78, 5) is 10.3. The second kappa shape index (κ2) is 5.36. The Labute approximate surface area is 122 Å². The molecule has 2 rings (SSSR count). The van der Waals surface area contributed by atoms with Crippen LogP contribution in [0.1, 0.15) is 12.5 Å². The topological polar surface area (TPSA) is 83.9 Å². The maximum atomic E-state index is 13.5. The van der Waals surface area contributed by atoms with Crippen LogP contribution >= 0.6 is 0 Å². The van der Waals surface area contributed by atoms with Crippen molar-refractivity contribution < 1.29 is 27.4 Å². The highest BCUT2D eigenvalue weighted by atomic mass is 32.2. The fraction of sp³-hybridized carbons (Fsp3) is 0.462. The van der Waals surface area contributed by atoms with Gasteiger partial charge in [0.25, 0.3) is 0 Å². The quantitative estimate of drug-likeness (QED) is 0.876. The van der Waals surface area contributed by atoms with Gasteiger partial charge in [-0.2, -0.15) is 4.31 Å². The van der Waals surface area contributed by atoms with Crippen molar-refractivity contribution in [2.24, 2.45) is 0 Å². The molecular formula is C13H16FNO5S. The Bertz CT molecular complexity index is 667. The van der Waals surface area contributed by atoms with Gasteiger partial charge in [-0.3, -0.25) is 0 Å². The largest absolute Gasteiger partial charge is 0.480 e. The van der Waals surface area contributed by atoms with Crippen molar-refractivity contribution in [2.75, 3.05) is 19.7 Å². The van der Waals surface area contributed by atoms with Gasteiger partial charge in [-0.05, 0) is 31.5 Å². The van der Waals surface area contributed by atoms with Crippen LogP contribution < -0.4 is 0 Å². The lowest BCUT2D eigenvalue weighted by Gasteiger charge is -2.46. The smallest absolute Gasteiger partial charge is 0.329 e. The zero-order valence-electron chi connectivity index (χ0n) is 11.7. The van der Waals surface area contributed by atoms with Crippen molar-refractivity contribution in [3.63, 3.8) is 0 Å². The Balaban J connectivity index is 2.09. The molecule has 0 saturated carbocycles. The summed E-state index contributed by atoms with van der Waals surface area (Å²) < 4.78 is 44.4. The van der Waals surface area contributed by atoms with Gasteiger partial charge < -0.3 is 9.84 Å². The second-order valence-corrected chi connectivity index (χ2v) is 7.25. The van der Waals surface area contributed by atoms with Crippen LogP contribution in [0, 0.1) is 12.7 Å². The highest BCUT2D eigenvalue weighted by Crippen LogP contribution is 2.31. The summed E-state index contributed by atoms with van der Waals surface area (Å²) in [7, 11) is -3.79. The van der Waals surface area contributed by atoms with E-state index in [0.717, 1.165) is 10.4 Å². The summed E-state index contributed by atoms with van der Waals surface area (Å²) in [5.74, 6) is -1.69. The summed E-state index contributed by atoms with van der Waals surface area (Å²) in [6.07, 6.45) is 0. The molecule has 6 nitrogen and oxygen atoms in total. The fourth-order valence-electron chi connectivity index (χ4n) is 2.08. The standard InChI is InChI=1S/C13H16FNO5S/c1-9-3-4-10(5-11(9)14)21(18,19)15-7-13(2,8-15)20-6-12(16)17/h3-5H,6-8H2,1-2H3,(H,16,17). The van der Waals surface area contributed by atoms with Crippen molar-refractivity contribution in [3.8, 4) is 0 Å². The molecule has 0 bridgehead atoms. The Hall–Kier alpha value is -1.51. The molecule has 1 aromatic rings. The lowest BCUT2D eigenvalue weighted by molar-refractivity contribution is -0.157. The average molecular weight is 317 g/mol. The molecule has 0 aliphatic carbocycles. The Morgan fingerprint density at radius 2 is 2.10 bits per heavy atom. The van der Waals surface area contributed by atoms with Crippen molar-refractivity contribution in [1.29, 1.82) is 0 Å². The van der Waals surface area contributed by atoms with Gasteiger partial charge >= 0.3 is 5.97 Å². The number of aliphatic carboxylic acids is 1. The SMILES string of the molecule is Cc1ccc(S(=O)(=O)N2CC(C)(OCC(=O)O)C2)cc1F. The summed E-state index contributed by atoms with van der Waals surface area (Å²) in [6.45, 7) is 2.78. The summed E-state index contributed by atoms with van der Waals surface area (Å²) in [5, 5.41) is 8.56. The molecular weight excluding hydrogens is 301 g/mol. The molecule has 0 spiro atoms. The summed E-state index contributed by atoms with van der Waals surface area (Å²) >= 11 is 0. The average Bonchev–Trinajstić information content (AvgIpc) is 2.36. The third-order valence-corrected chi connectivity index (χ3v) is 5.13. The Morgan fingerprint density at radius 1 is 1.48 bits per heavy atom. The van der Waals surface area contributed by atoms with Gasteiger partial charge in [-0.1, -0.05) is 6.07 Å². The predicted molar refractivity (Wildman–Crippen MR) is 71.9 cm³/mol. The number of hydrogen-bond donors (Lipinski definition) is 1. The predicted octanol–water partition coefficient (Wildman–Crippen LogP) is 0.998. The highest BCUT2D eigenvalue weighted by molar-refractivity contribution is 7.89. The molecule has 0 atom stereocenters. The van der Waals surface area contributed by atoms with E-state index in [1.807, 2.05) is 0 Å². The number of rotatable bonds is 5. The van der Waals surface area contributed by atoms with Crippen LogP contribution in [0.15, 0.2) is 23.1 Å². The molecule has 0 radical (unpaired) electrons. The van der Waals surface area contributed by atoms with Crippen LogP contribution in [-0.2, 0) is 19.6 Å². The van der Waals surface area contributed by atoms with Crippen LogP contribution in [0.5, 0.6) is 0 Å². The van der Waals surface area contributed by atoms with E-state index >= 15 is 0 Å². The Kier molecular flexibility index (Phi) is 4.05. The summed E-state index contributed by atoms with van der Waals surface area (Å²) in [6, 6.07) is 3.74. The molecule has 8 heteroatoms. The van der Waals surface area contributed by atoms with E-state index in [2.05, 4.69) is 0 Å². The van der Waals surface area contributed by atoms with E-state index in [9.17, 15) is 17.6 Å². The molecule has 1 fully saturated rings. The van der Waals surface area contributed by atoms with E-state index in [0.29, 0.717) is 5.56 Å². The van der Waals surface area contributed by atoms with Crippen LogP contribution in [0.25, 0.3) is 0 Å². The molecule has 1 aromatic carbocycles. The molecule has 116 valence electrons. The third kappa shape index (κ3) is 3.22. The van der Waals surface area contributed by atoms with E-state index in [4.69, 9.17) is 9.84 Å². The lowest BCUT2D eigenvalue weighted by Crippen LogP contribution is -2.63. The van der Waals surface area contributed by atoms with Crippen LogP contribution in [0.4, 0.5) is 4.39 Å². The van der Waals surface area contributed by atoms with Gasteiger partial charge in [0.2, 0.25) is 10.0 Å². The maximum absolute atomic E-state index is 13.5. The van der Waals surface area contributed by atoms with Crippen molar-refractivity contribution >= 4 is 16.0 Å². The van der Waals surface area contributed by atoms with Gasteiger partial charge in [-0.25, -0.2) is 17.6 Å². The molecule has 0 unspecified atom stereocenters. The van der Waals surface area contributed by atoms with Crippen molar-refractivity contribution in [2.45, 2.75) is 24.3 Å². The molecule has 0 aromatic heterocycles. The fourth-order valence-corrected chi connectivity index (χ4v) is 3.76. The van der Waals surface area contributed by atoms with Gasteiger partial charge in [0.05, 0.1) is 10.5 Å². The molecule has 0 amide bonds. The third-order valence-electron chi connectivity index (χ3n) is 3.35. The first-order valence-corrected chi connectivity index (χ1v) is 7.70. The number of ether oxygens (including phenoxy) is 1. The molecule has 1 aliphatic heterocycles. The minimum atomic E-state index is -3.79. The number of nitrogens with zero attached hydrogens (tertiary/aromatic N) is 1. The first-order chi connectivity index (χ1) is 9.64. The first kappa shape index (κ1) is 15.9. The van der Waals surface area contributed by atoms with E-state index in [1.165, 1.54) is 12.1 Å².